The van der Waals surface area contributed by atoms with E-state index in [1.54, 1.807) is 0 Å². The van der Waals surface area contributed by atoms with Gasteiger partial charge in [-0.05, 0) is 25.3 Å². The molecule has 0 aromatic rings. The van der Waals surface area contributed by atoms with Crippen molar-refractivity contribution >= 4 is 0 Å². The fourth-order valence-electron chi connectivity index (χ4n) is 1.41. The third-order valence-corrected chi connectivity index (χ3v) is 2.26. The van der Waals surface area contributed by atoms with Gasteiger partial charge in [0.05, 0.1) is 0 Å². The molecule has 0 atom stereocenters. The predicted molar refractivity (Wildman–Crippen MR) is 54.0 cm³/mol. The van der Waals surface area contributed by atoms with Crippen LogP contribution in [0.25, 0.3) is 0 Å². The molecule has 12 heavy (non-hydrogen) atoms. The van der Waals surface area contributed by atoms with Gasteiger partial charge >= 0.3 is 0 Å². The van der Waals surface area contributed by atoms with Crippen LogP contribution in [-0.2, 0) is 0 Å². The van der Waals surface area contributed by atoms with E-state index in [1.165, 1.54) is 37.9 Å². The quantitative estimate of drug-likeness (QED) is 0.619. The van der Waals surface area contributed by atoms with E-state index >= 15 is 0 Å². The molecular weight excluding hydrogens is 146 g/mol. The molecule has 0 saturated carbocycles. The number of rotatable bonds is 4. The first-order valence-corrected chi connectivity index (χ1v) is 4.92. The summed E-state index contributed by atoms with van der Waals surface area (Å²) in [6.07, 6.45) is 11.8. The van der Waals surface area contributed by atoms with Crippen molar-refractivity contribution in [2.75, 3.05) is 13.6 Å². The zero-order valence-corrected chi connectivity index (χ0v) is 8.21. The number of hydrogen-bond donors (Lipinski definition) is 0. The Bertz CT molecular complexity index is 179. The summed E-state index contributed by atoms with van der Waals surface area (Å²) in [5.41, 5.74) is 1.40. The molecule has 0 aromatic heterocycles. The number of unbranched alkanes of at least 4 members (excludes halogenated alkanes) is 1. The Morgan fingerprint density at radius 2 is 2.25 bits per heavy atom. The van der Waals surface area contributed by atoms with Crippen molar-refractivity contribution in [1.82, 2.24) is 4.90 Å². The minimum absolute atomic E-state index is 1.19. The second-order valence-electron chi connectivity index (χ2n) is 3.38. The molecule has 0 heterocycles. The Hall–Kier alpha value is -0.720. The Morgan fingerprint density at radius 3 is 2.83 bits per heavy atom. The zero-order chi connectivity index (χ0) is 8.81. The van der Waals surface area contributed by atoms with Gasteiger partial charge in [-0.1, -0.05) is 25.5 Å². The van der Waals surface area contributed by atoms with Crippen LogP contribution in [0.4, 0.5) is 0 Å². The molecule has 0 spiro atoms. The molecule has 0 amide bonds. The van der Waals surface area contributed by atoms with Gasteiger partial charge in [0.25, 0.3) is 0 Å². The summed E-state index contributed by atoms with van der Waals surface area (Å²) in [5.74, 6) is 0. The van der Waals surface area contributed by atoms with E-state index in [-0.39, 0.29) is 0 Å². The van der Waals surface area contributed by atoms with Crippen LogP contribution in [0, 0.1) is 0 Å². The molecule has 0 aliphatic heterocycles. The second-order valence-corrected chi connectivity index (χ2v) is 3.38. The van der Waals surface area contributed by atoms with Gasteiger partial charge in [0.1, 0.15) is 0 Å². The van der Waals surface area contributed by atoms with E-state index in [4.69, 9.17) is 0 Å². The second kappa shape index (κ2) is 5.02. The molecule has 0 N–H and O–H groups in total. The van der Waals surface area contributed by atoms with Crippen molar-refractivity contribution in [1.29, 1.82) is 0 Å². The Kier molecular flexibility index (Phi) is 3.92. The van der Waals surface area contributed by atoms with Crippen LogP contribution in [0.15, 0.2) is 23.9 Å². The van der Waals surface area contributed by atoms with Gasteiger partial charge in [-0.25, -0.2) is 0 Å². The lowest BCUT2D eigenvalue weighted by Gasteiger charge is -2.21. The number of hydrogen-bond acceptors (Lipinski definition) is 1. The van der Waals surface area contributed by atoms with Crippen LogP contribution < -0.4 is 0 Å². The maximum Gasteiger partial charge on any atom is 0.0319 e. The minimum Gasteiger partial charge on any atom is -0.375 e. The van der Waals surface area contributed by atoms with E-state index in [1.807, 2.05) is 0 Å². The first-order valence-electron chi connectivity index (χ1n) is 4.92. The average molecular weight is 165 g/mol. The van der Waals surface area contributed by atoms with Crippen LogP contribution >= 0.6 is 0 Å². The van der Waals surface area contributed by atoms with Gasteiger partial charge in [0, 0.05) is 19.3 Å². The topological polar surface area (TPSA) is 3.24 Å². The van der Waals surface area contributed by atoms with E-state index in [9.17, 15) is 0 Å². The van der Waals surface area contributed by atoms with E-state index < -0.39 is 0 Å². The molecule has 0 bridgehead atoms. The van der Waals surface area contributed by atoms with Crippen LogP contribution in [0.3, 0.4) is 0 Å². The van der Waals surface area contributed by atoms with Crippen LogP contribution in [-0.4, -0.2) is 18.5 Å². The van der Waals surface area contributed by atoms with E-state index in [2.05, 4.69) is 37.1 Å². The highest BCUT2D eigenvalue weighted by molar-refractivity contribution is 5.20. The maximum atomic E-state index is 2.35. The van der Waals surface area contributed by atoms with Gasteiger partial charge in [-0.3, -0.25) is 0 Å². The average Bonchev–Trinajstić information content (AvgIpc) is 2.15. The van der Waals surface area contributed by atoms with Gasteiger partial charge in [0.15, 0.2) is 0 Å². The molecule has 1 heteroatoms. The summed E-state index contributed by atoms with van der Waals surface area (Å²) in [6.45, 7) is 3.42. The number of allylic oxidation sites excluding steroid dienone is 3. The van der Waals surface area contributed by atoms with Crippen LogP contribution in [0.5, 0.6) is 0 Å². The lowest BCUT2D eigenvalue weighted by molar-refractivity contribution is 0.415. The Morgan fingerprint density at radius 1 is 1.42 bits per heavy atom. The minimum atomic E-state index is 1.19. The molecule has 1 nitrogen and oxygen atoms in total. The molecule has 1 aliphatic rings. The first kappa shape index (κ1) is 9.37. The molecule has 0 radical (unpaired) electrons. The maximum absolute atomic E-state index is 2.35. The largest absolute Gasteiger partial charge is 0.375 e. The molecule has 1 aliphatic carbocycles. The predicted octanol–water partition coefficient (Wildman–Crippen LogP) is 2.95. The number of nitrogens with zero attached hydrogens (tertiary/aromatic N) is 1. The van der Waals surface area contributed by atoms with E-state index in [0.717, 1.165) is 0 Å². The fraction of sp³-hybridized carbons (Fsp3) is 0.636. The molecule has 0 fully saturated rings. The lowest BCUT2D eigenvalue weighted by atomic mass is 10.1. The molecule has 0 unspecified atom stereocenters. The number of likely N-dealkylation sites (N-methyl/N-ethyl adjacent to an activating group) is 1. The molecular formula is C11H19N. The van der Waals surface area contributed by atoms with E-state index in [0.29, 0.717) is 0 Å². The van der Waals surface area contributed by atoms with Crippen LogP contribution in [0.1, 0.15) is 32.6 Å². The SMILES string of the molecule is CCCCN(C)C1=CCCC=C1. The van der Waals surface area contributed by atoms with Gasteiger partial charge in [0.2, 0.25) is 0 Å². The standard InChI is InChI=1S/C11H19N/c1-3-4-10-12(2)11-8-6-5-7-9-11/h6,8-9H,3-5,7,10H2,1-2H3. The lowest BCUT2D eigenvalue weighted by Crippen LogP contribution is -2.18. The first-order chi connectivity index (χ1) is 5.84. The Balaban J connectivity index is 2.35. The van der Waals surface area contributed by atoms with Crippen molar-refractivity contribution in [3.05, 3.63) is 23.9 Å². The highest BCUT2D eigenvalue weighted by Crippen LogP contribution is 2.12. The fourth-order valence-corrected chi connectivity index (χ4v) is 1.41. The Labute approximate surface area is 75.8 Å². The highest BCUT2D eigenvalue weighted by atomic mass is 15.1. The van der Waals surface area contributed by atoms with Gasteiger partial charge < -0.3 is 4.90 Å². The normalized spacial score (nSPS) is 16.0. The highest BCUT2D eigenvalue weighted by Gasteiger charge is 2.01. The van der Waals surface area contributed by atoms with Crippen molar-refractivity contribution in [3.63, 3.8) is 0 Å². The summed E-state index contributed by atoms with van der Waals surface area (Å²) >= 11 is 0. The molecule has 1 rings (SSSR count). The van der Waals surface area contributed by atoms with Crippen molar-refractivity contribution in [2.24, 2.45) is 0 Å². The van der Waals surface area contributed by atoms with Gasteiger partial charge in [-0.2, -0.15) is 0 Å². The summed E-state index contributed by atoms with van der Waals surface area (Å²) < 4.78 is 0. The van der Waals surface area contributed by atoms with Crippen molar-refractivity contribution in [2.45, 2.75) is 32.6 Å². The molecule has 68 valence electrons. The van der Waals surface area contributed by atoms with Crippen molar-refractivity contribution < 1.29 is 0 Å². The monoisotopic (exact) mass is 165 g/mol. The van der Waals surface area contributed by atoms with Crippen LogP contribution in [0.2, 0.25) is 0 Å². The molecule has 0 aromatic carbocycles. The van der Waals surface area contributed by atoms with Crippen molar-refractivity contribution in [3.8, 4) is 0 Å². The summed E-state index contributed by atoms with van der Waals surface area (Å²) in [6, 6.07) is 0. The summed E-state index contributed by atoms with van der Waals surface area (Å²) in [7, 11) is 2.18. The smallest absolute Gasteiger partial charge is 0.0319 e. The third-order valence-electron chi connectivity index (χ3n) is 2.26. The zero-order valence-electron chi connectivity index (χ0n) is 8.21. The molecule has 0 saturated heterocycles. The summed E-state index contributed by atoms with van der Waals surface area (Å²) in [4.78, 5) is 2.35. The third kappa shape index (κ3) is 2.72. The summed E-state index contributed by atoms with van der Waals surface area (Å²) in [5, 5.41) is 0. The van der Waals surface area contributed by atoms with Gasteiger partial charge in [-0.15, -0.1) is 0 Å².